The van der Waals surface area contributed by atoms with Crippen LogP contribution in [0.4, 0.5) is 0 Å². The molecule has 1 unspecified atom stereocenters. The third kappa shape index (κ3) is 2.03. The van der Waals surface area contributed by atoms with Crippen LogP contribution in [0.25, 0.3) is 0 Å². The number of carbonyl (C=O) groups excluding carboxylic acids is 1. The summed E-state index contributed by atoms with van der Waals surface area (Å²) in [6.07, 6.45) is 8.12. The first-order valence-electron chi connectivity index (χ1n) is 6.83. The summed E-state index contributed by atoms with van der Waals surface area (Å²) in [5, 5.41) is 0. The van der Waals surface area contributed by atoms with Crippen LogP contribution in [0.2, 0.25) is 0 Å². The first-order valence-corrected chi connectivity index (χ1v) is 6.83. The summed E-state index contributed by atoms with van der Waals surface area (Å²) in [6, 6.07) is 0.132. The Morgan fingerprint density at radius 1 is 1.35 bits per heavy atom. The summed E-state index contributed by atoms with van der Waals surface area (Å²) < 4.78 is 10.7. The minimum atomic E-state index is 0.0593. The molecule has 5 nitrogen and oxygen atoms in total. The number of fused-ring (bicyclic) bond motifs is 2. The molecule has 1 saturated heterocycles. The summed E-state index contributed by atoms with van der Waals surface area (Å²) >= 11 is 0. The van der Waals surface area contributed by atoms with Crippen LogP contribution in [0.5, 0.6) is 0 Å². The van der Waals surface area contributed by atoms with Crippen LogP contribution < -0.4 is 0 Å². The van der Waals surface area contributed by atoms with Crippen molar-refractivity contribution in [2.45, 2.75) is 25.3 Å². The predicted molar refractivity (Wildman–Crippen MR) is 75.1 cm³/mol. The fraction of sp³-hybridized carbons (Fsp3) is 0.467. The van der Waals surface area contributed by atoms with E-state index in [1.54, 1.807) is 20.3 Å². The van der Waals surface area contributed by atoms with Crippen LogP contribution in [0.1, 0.15) is 19.3 Å². The Hall–Kier alpha value is -2.04. The molecule has 0 spiro atoms. The van der Waals surface area contributed by atoms with Crippen LogP contribution in [-0.2, 0) is 14.3 Å². The van der Waals surface area contributed by atoms with E-state index in [2.05, 4.69) is 4.99 Å². The van der Waals surface area contributed by atoms with Gasteiger partial charge in [-0.3, -0.25) is 9.79 Å². The molecule has 0 aromatic rings. The summed E-state index contributed by atoms with van der Waals surface area (Å²) in [6.45, 7) is 0.807. The van der Waals surface area contributed by atoms with Gasteiger partial charge in [-0.2, -0.15) is 0 Å². The normalized spacial score (nSPS) is 25.4. The average molecular weight is 274 g/mol. The molecule has 0 aromatic carbocycles. The molecular formula is C15H18N2O3. The zero-order valence-corrected chi connectivity index (χ0v) is 11.8. The third-order valence-electron chi connectivity index (χ3n) is 3.95. The van der Waals surface area contributed by atoms with Crippen molar-refractivity contribution < 1.29 is 14.3 Å². The molecule has 2 aliphatic heterocycles. The summed E-state index contributed by atoms with van der Waals surface area (Å²) in [4.78, 5) is 19.0. The number of nitrogens with zero attached hydrogens (tertiary/aromatic N) is 2. The number of carbonyl (C=O) groups is 1. The second-order valence-corrected chi connectivity index (χ2v) is 5.03. The minimum Gasteiger partial charge on any atom is -0.497 e. The van der Waals surface area contributed by atoms with Gasteiger partial charge >= 0.3 is 0 Å². The Labute approximate surface area is 118 Å². The van der Waals surface area contributed by atoms with Crippen molar-refractivity contribution >= 4 is 12.1 Å². The van der Waals surface area contributed by atoms with Crippen molar-refractivity contribution in [3.63, 3.8) is 0 Å². The van der Waals surface area contributed by atoms with E-state index in [0.29, 0.717) is 29.2 Å². The highest BCUT2D eigenvalue weighted by Crippen LogP contribution is 2.30. The van der Waals surface area contributed by atoms with E-state index in [-0.39, 0.29) is 11.9 Å². The Morgan fingerprint density at radius 3 is 2.95 bits per heavy atom. The van der Waals surface area contributed by atoms with Crippen LogP contribution in [0.3, 0.4) is 0 Å². The Kier molecular flexibility index (Phi) is 3.34. The smallest absolute Gasteiger partial charge is 0.256 e. The summed E-state index contributed by atoms with van der Waals surface area (Å²) in [5.41, 5.74) is 1.31. The van der Waals surface area contributed by atoms with Gasteiger partial charge in [0, 0.05) is 25.3 Å². The fourth-order valence-corrected chi connectivity index (χ4v) is 2.86. The molecule has 0 aromatic heterocycles. The second kappa shape index (κ2) is 5.15. The van der Waals surface area contributed by atoms with Crippen molar-refractivity contribution in [1.29, 1.82) is 0 Å². The van der Waals surface area contributed by atoms with Gasteiger partial charge in [-0.05, 0) is 12.8 Å². The fourth-order valence-electron chi connectivity index (χ4n) is 2.86. The molecule has 5 heteroatoms. The highest BCUT2D eigenvalue weighted by atomic mass is 16.5. The molecule has 3 aliphatic rings. The highest BCUT2D eigenvalue weighted by molar-refractivity contribution is 6.01. The maximum Gasteiger partial charge on any atom is 0.256 e. The van der Waals surface area contributed by atoms with Crippen molar-refractivity contribution in [2.24, 2.45) is 4.99 Å². The molecule has 106 valence electrons. The number of ether oxygens (including phenoxy) is 2. The molecule has 1 amide bonds. The number of methoxy groups -OCH3 is 2. The van der Waals surface area contributed by atoms with Gasteiger partial charge in [0.25, 0.3) is 5.91 Å². The van der Waals surface area contributed by atoms with E-state index in [0.717, 1.165) is 19.4 Å². The maximum absolute atomic E-state index is 12.6. The molecule has 0 bridgehead atoms. The standard InChI is InChI=1S/C15H18N2O3/c1-19-13-6-5-11-12(8-14(13)20-2)16-9-10-4-3-7-17(10)15(11)18/h5,8-10H,3-4,6-7H2,1-2H3. The number of allylic oxidation sites excluding steroid dienone is 2. The second-order valence-electron chi connectivity index (χ2n) is 5.03. The van der Waals surface area contributed by atoms with Gasteiger partial charge in [0.15, 0.2) is 5.76 Å². The SMILES string of the molecule is COC1=C(OC)CC=C2C(=O)N3CCCC3C=NC2=C1. The van der Waals surface area contributed by atoms with Gasteiger partial charge in [0.1, 0.15) is 5.76 Å². The Morgan fingerprint density at radius 2 is 2.20 bits per heavy atom. The monoisotopic (exact) mass is 274 g/mol. The maximum atomic E-state index is 12.6. The van der Waals surface area contributed by atoms with Gasteiger partial charge in [-0.1, -0.05) is 6.08 Å². The lowest BCUT2D eigenvalue weighted by Crippen LogP contribution is -2.35. The minimum absolute atomic E-state index is 0.0593. The molecule has 0 saturated carbocycles. The lowest BCUT2D eigenvalue weighted by atomic mass is 10.1. The zero-order valence-electron chi connectivity index (χ0n) is 11.8. The van der Waals surface area contributed by atoms with Gasteiger partial charge in [0.05, 0.1) is 31.5 Å². The Bertz CT molecular complexity index is 557. The van der Waals surface area contributed by atoms with E-state index in [1.165, 1.54) is 0 Å². The Balaban J connectivity index is 2.04. The molecule has 1 atom stereocenters. The third-order valence-corrected chi connectivity index (χ3v) is 3.95. The van der Waals surface area contributed by atoms with E-state index in [4.69, 9.17) is 9.47 Å². The molecule has 2 heterocycles. The first-order chi connectivity index (χ1) is 9.74. The summed E-state index contributed by atoms with van der Waals surface area (Å²) in [5.74, 6) is 1.39. The quantitative estimate of drug-likeness (QED) is 0.771. The molecule has 1 aliphatic carbocycles. The number of hydrogen-bond acceptors (Lipinski definition) is 4. The first kappa shape index (κ1) is 13.0. The number of amides is 1. The number of hydrogen-bond donors (Lipinski definition) is 0. The van der Waals surface area contributed by atoms with Crippen molar-refractivity contribution in [3.8, 4) is 0 Å². The summed E-state index contributed by atoms with van der Waals surface area (Å²) in [7, 11) is 3.20. The van der Waals surface area contributed by atoms with E-state index in [1.807, 2.05) is 17.2 Å². The molecule has 1 fully saturated rings. The zero-order chi connectivity index (χ0) is 14.1. The largest absolute Gasteiger partial charge is 0.497 e. The van der Waals surface area contributed by atoms with Gasteiger partial charge in [-0.25, -0.2) is 0 Å². The average Bonchev–Trinajstić information content (AvgIpc) is 2.80. The van der Waals surface area contributed by atoms with Crippen molar-refractivity contribution in [2.75, 3.05) is 20.8 Å². The topological polar surface area (TPSA) is 51.1 Å². The molecule has 20 heavy (non-hydrogen) atoms. The van der Waals surface area contributed by atoms with Crippen LogP contribution >= 0.6 is 0 Å². The van der Waals surface area contributed by atoms with E-state index < -0.39 is 0 Å². The van der Waals surface area contributed by atoms with Crippen LogP contribution in [0.15, 0.2) is 39.9 Å². The van der Waals surface area contributed by atoms with Gasteiger partial charge in [0.2, 0.25) is 0 Å². The molecule has 0 radical (unpaired) electrons. The lowest BCUT2D eigenvalue weighted by molar-refractivity contribution is -0.126. The number of aliphatic imine (C=N–C) groups is 1. The van der Waals surface area contributed by atoms with Crippen molar-refractivity contribution in [3.05, 3.63) is 34.9 Å². The van der Waals surface area contributed by atoms with Crippen molar-refractivity contribution in [1.82, 2.24) is 4.90 Å². The molecule has 0 N–H and O–H groups in total. The van der Waals surface area contributed by atoms with Gasteiger partial charge < -0.3 is 14.4 Å². The molecular weight excluding hydrogens is 256 g/mol. The van der Waals surface area contributed by atoms with Gasteiger partial charge in [-0.15, -0.1) is 0 Å². The number of rotatable bonds is 2. The van der Waals surface area contributed by atoms with Crippen LogP contribution in [0, 0.1) is 0 Å². The predicted octanol–water partition coefficient (Wildman–Crippen LogP) is 1.78. The molecule has 3 rings (SSSR count). The van der Waals surface area contributed by atoms with Crippen LogP contribution in [-0.4, -0.2) is 43.8 Å². The van der Waals surface area contributed by atoms with E-state index >= 15 is 0 Å². The lowest BCUT2D eigenvalue weighted by Gasteiger charge is -2.20. The highest BCUT2D eigenvalue weighted by Gasteiger charge is 2.33. The van der Waals surface area contributed by atoms with E-state index in [9.17, 15) is 4.79 Å².